The maximum absolute atomic E-state index is 14.6. The second-order valence-corrected chi connectivity index (χ2v) is 7.97. The molecule has 4 rings (SSSR count). The molecule has 1 aliphatic heterocycles. The van der Waals surface area contributed by atoms with E-state index in [1.165, 1.54) is 12.1 Å². The quantitative estimate of drug-likeness (QED) is 0.535. The van der Waals surface area contributed by atoms with E-state index in [0.29, 0.717) is 31.7 Å². The molecule has 1 aliphatic carbocycles. The zero-order chi connectivity index (χ0) is 24.3. The standard InChI is InChI=1S/C24H23F4N3O3/c1-2-31-18(14-33-23(31)32)11-15-3-7-19(8-4-15)34-21-9-6-17(12-20(21)25)30-22-10-5-16(13-29-22)24(26,27)28/h3-5,7-10,12-13,17-18H,2,6,11,14H2,1H3,(H,29,30)/t17?,18-/m0/s1. The van der Waals surface area contributed by atoms with Gasteiger partial charge < -0.3 is 19.7 Å². The minimum absolute atomic E-state index is 0.0192. The molecule has 34 heavy (non-hydrogen) atoms. The minimum Gasteiger partial charge on any atom is -0.455 e. The number of ether oxygens (including phenoxy) is 2. The van der Waals surface area contributed by atoms with Gasteiger partial charge in [0, 0.05) is 12.7 Å². The SMILES string of the molecule is CCN1C(=O)OC[C@@H]1Cc1ccc(OC2=CCC(Nc3ccc(C(F)(F)F)cn3)C=C2F)cc1. The lowest BCUT2D eigenvalue weighted by molar-refractivity contribution is -0.137. The van der Waals surface area contributed by atoms with Crippen molar-refractivity contribution in [2.24, 2.45) is 0 Å². The normalized spacial score (nSPS) is 20.5. The molecule has 2 heterocycles. The van der Waals surface area contributed by atoms with Crippen LogP contribution in [0.2, 0.25) is 0 Å². The Hall–Kier alpha value is -3.56. The van der Waals surface area contributed by atoms with Crippen molar-refractivity contribution in [2.45, 2.75) is 38.0 Å². The Bertz CT molecular complexity index is 1080. The Kier molecular flexibility index (Phi) is 6.76. The van der Waals surface area contributed by atoms with Gasteiger partial charge in [0.15, 0.2) is 11.6 Å². The van der Waals surface area contributed by atoms with Gasteiger partial charge in [0.1, 0.15) is 18.2 Å². The van der Waals surface area contributed by atoms with Crippen LogP contribution in [0.25, 0.3) is 0 Å². The van der Waals surface area contributed by atoms with Crippen LogP contribution < -0.4 is 10.1 Å². The predicted octanol–water partition coefficient (Wildman–Crippen LogP) is 5.48. The van der Waals surface area contributed by atoms with Gasteiger partial charge in [0.2, 0.25) is 0 Å². The van der Waals surface area contributed by atoms with Crippen molar-refractivity contribution in [3.05, 3.63) is 77.5 Å². The number of pyridine rings is 1. The number of carbonyl (C=O) groups is 1. The molecule has 0 saturated carbocycles. The molecule has 180 valence electrons. The summed E-state index contributed by atoms with van der Waals surface area (Å²) in [5.41, 5.74) is 0.147. The van der Waals surface area contributed by atoms with E-state index < -0.39 is 23.6 Å². The number of benzene rings is 1. The first-order valence-electron chi connectivity index (χ1n) is 10.8. The van der Waals surface area contributed by atoms with Crippen molar-refractivity contribution >= 4 is 11.9 Å². The highest BCUT2D eigenvalue weighted by molar-refractivity contribution is 5.70. The van der Waals surface area contributed by atoms with E-state index in [4.69, 9.17) is 9.47 Å². The summed E-state index contributed by atoms with van der Waals surface area (Å²) in [6.07, 6.45) is -0.147. The van der Waals surface area contributed by atoms with Gasteiger partial charge in [0.05, 0.1) is 17.6 Å². The maximum Gasteiger partial charge on any atom is 0.417 e. The number of rotatable bonds is 7. The zero-order valence-corrected chi connectivity index (χ0v) is 18.3. The van der Waals surface area contributed by atoms with Crippen LogP contribution in [-0.2, 0) is 17.3 Å². The molecule has 1 aromatic carbocycles. The third-order valence-corrected chi connectivity index (χ3v) is 5.60. The minimum atomic E-state index is -4.46. The van der Waals surface area contributed by atoms with Crippen LogP contribution in [0.5, 0.6) is 5.75 Å². The summed E-state index contributed by atoms with van der Waals surface area (Å²) in [6.45, 7) is 2.83. The third-order valence-electron chi connectivity index (χ3n) is 5.60. The van der Waals surface area contributed by atoms with Crippen LogP contribution in [0, 0.1) is 0 Å². The molecule has 2 atom stereocenters. The topological polar surface area (TPSA) is 63.7 Å². The zero-order valence-electron chi connectivity index (χ0n) is 18.3. The number of halogens is 4. The average Bonchev–Trinajstić information content (AvgIpc) is 3.15. The van der Waals surface area contributed by atoms with Crippen LogP contribution in [0.3, 0.4) is 0 Å². The molecule has 1 N–H and O–H groups in total. The lowest BCUT2D eigenvalue weighted by Crippen LogP contribution is -2.34. The first-order chi connectivity index (χ1) is 16.2. The smallest absolute Gasteiger partial charge is 0.417 e. The van der Waals surface area contributed by atoms with Gasteiger partial charge in [-0.1, -0.05) is 12.1 Å². The molecule has 6 nitrogen and oxygen atoms in total. The fraction of sp³-hybridized carbons (Fsp3) is 0.333. The van der Waals surface area contributed by atoms with E-state index in [0.717, 1.165) is 17.8 Å². The molecule has 0 bridgehead atoms. The van der Waals surface area contributed by atoms with E-state index in [9.17, 15) is 22.4 Å². The molecule has 1 unspecified atom stereocenters. The number of nitrogens with one attached hydrogen (secondary N) is 1. The number of aromatic nitrogens is 1. The van der Waals surface area contributed by atoms with Crippen LogP contribution in [-0.4, -0.2) is 41.2 Å². The number of amides is 1. The van der Waals surface area contributed by atoms with Gasteiger partial charge in [-0.25, -0.2) is 14.2 Å². The number of hydrogen-bond acceptors (Lipinski definition) is 5. The molecule has 1 fully saturated rings. The van der Waals surface area contributed by atoms with Crippen molar-refractivity contribution < 1.29 is 31.8 Å². The number of likely N-dealkylation sites (N-methyl/N-ethyl adjacent to an activating group) is 1. The summed E-state index contributed by atoms with van der Waals surface area (Å²) in [5, 5.41) is 2.89. The summed E-state index contributed by atoms with van der Waals surface area (Å²) in [4.78, 5) is 17.1. The molecule has 0 spiro atoms. The van der Waals surface area contributed by atoms with E-state index >= 15 is 0 Å². The fourth-order valence-corrected chi connectivity index (χ4v) is 3.82. The van der Waals surface area contributed by atoms with E-state index in [1.807, 2.05) is 19.1 Å². The highest BCUT2D eigenvalue weighted by atomic mass is 19.4. The summed E-state index contributed by atoms with van der Waals surface area (Å²) < 4.78 is 63.3. The Morgan fingerprint density at radius 2 is 1.97 bits per heavy atom. The van der Waals surface area contributed by atoms with Crippen molar-refractivity contribution in [1.82, 2.24) is 9.88 Å². The molecular weight excluding hydrogens is 454 g/mol. The molecule has 0 radical (unpaired) electrons. The number of nitrogens with zero attached hydrogens (tertiary/aromatic N) is 2. The van der Waals surface area contributed by atoms with E-state index in [2.05, 4.69) is 10.3 Å². The first-order valence-corrected chi connectivity index (χ1v) is 10.8. The molecule has 1 aromatic heterocycles. The highest BCUT2D eigenvalue weighted by Crippen LogP contribution is 2.30. The van der Waals surface area contributed by atoms with Gasteiger partial charge in [-0.3, -0.25) is 0 Å². The van der Waals surface area contributed by atoms with Crippen molar-refractivity contribution in [2.75, 3.05) is 18.5 Å². The van der Waals surface area contributed by atoms with Crippen LogP contribution in [0.4, 0.5) is 28.2 Å². The van der Waals surface area contributed by atoms with Gasteiger partial charge in [0.25, 0.3) is 0 Å². The van der Waals surface area contributed by atoms with E-state index in [-0.39, 0.29) is 23.7 Å². The molecular formula is C24H23F4N3O3. The van der Waals surface area contributed by atoms with Crippen LogP contribution in [0.1, 0.15) is 24.5 Å². The summed E-state index contributed by atoms with van der Waals surface area (Å²) in [7, 11) is 0. The monoisotopic (exact) mass is 477 g/mol. The molecule has 2 aliphatic rings. The van der Waals surface area contributed by atoms with Crippen molar-refractivity contribution in [1.29, 1.82) is 0 Å². The number of cyclic esters (lactones) is 1. The van der Waals surface area contributed by atoms with Gasteiger partial charge >= 0.3 is 12.3 Å². The van der Waals surface area contributed by atoms with Gasteiger partial charge in [-0.15, -0.1) is 0 Å². The summed E-state index contributed by atoms with van der Waals surface area (Å²) >= 11 is 0. The number of allylic oxidation sites excluding steroid dienone is 1. The Balaban J connectivity index is 1.32. The predicted molar refractivity (Wildman–Crippen MR) is 117 cm³/mol. The third kappa shape index (κ3) is 5.49. The number of alkyl halides is 3. The number of anilines is 1. The second kappa shape index (κ2) is 9.74. The van der Waals surface area contributed by atoms with Crippen molar-refractivity contribution in [3.63, 3.8) is 0 Å². The van der Waals surface area contributed by atoms with Crippen molar-refractivity contribution in [3.8, 4) is 5.75 Å². The van der Waals surface area contributed by atoms with Gasteiger partial charge in [-0.2, -0.15) is 13.2 Å². The maximum atomic E-state index is 14.6. The summed E-state index contributed by atoms with van der Waals surface area (Å²) in [6, 6.07) is 8.81. The van der Waals surface area contributed by atoms with Crippen LogP contribution >= 0.6 is 0 Å². The summed E-state index contributed by atoms with van der Waals surface area (Å²) in [5.74, 6) is 0.157. The van der Waals surface area contributed by atoms with E-state index in [1.54, 1.807) is 23.1 Å². The molecule has 2 aromatic rings. The number of hydrogen-bond donors (Lipinski definition) is 1. The number of carbonyl (C=O) groups excluding carboxylic acids is 1. The Morgan fingerprint density at radius 3 is 2.59 bits per heavy atom. The fourth-order valence-electron chi connectivity index (χ4n) is 3.82. The highest BCUT2D eigenvalue weighted by Gasteiger charge is 2.32. The van der Waals surface area contributed by atoms with Crippen LogP contribution in [0.15, 0.2) is 66.3 Å². The second-order valence-electron chi connectivity index (χ2n) is 7.97. The first kappa shape index (κ1) is 23.6. The lowest BCUT2D eigenvalue weighted by Gasteiger charge is -2.21. The van der Waals surface area contributed by atoms with Gasteiger partial charge in [-0.05, 0) is 61.7 Å². The molecule has 10 heteroatoms. The lowest BCUT2D eigenvalue weighted by atomic mass is 10.1. The molecule has 1 saturated heterocycles. The Labute approximate surface area is 193 Å². The largest absolute Gasteiger partial charge is 0.455 e. The Morgan fingerprint density at radius 1 is 1.21 bits per heavy atom. The average molecular weight is 477 g/mol. The molecule has 1 amide bonds.